The largest absolute Gasteiger partial charge is 0.307 e. The van der Waals surface area contributed by atoms with Crippen LogP contribution >= 0.6 is 22.6 Å². The number of nitrogens with zero attached hydrogens (tertiary/aromatic N) is 1. The van der Waals surface area contributed by atoms with Gasteiger partial charge in [-0.2, -0.15) is 5.10 Å². The summed E-state index contributed by atoms with van der Waals surface area (Å²) >= 11 is 2.31. The third kappa shape index (κ3) is 2.69. The van der Waals surface area contributed by atoms with Gasteiger partial charge in [-0.05, 0) is 41.5 Å². The molecule has 1 aliphatic carbocycles. The fourth-order valence-electron chi connectivity index (χ4n) is 1.00. The topological polar surface area (TPSA) is 24.4 Å². The van der Waals surface area contributed by atoms with Crippen LogP contribution in [-0.2, 0) is 0 Å². The van der Waals surface area contributed by atoms with E-state index in [1.54, 1.807) is 0 Å². The molecule has 1 aromatic carbocycles. The number of hydrogen-bond donors (Lipinski definition) is 1. The van der Waals surface area contributed by atoms with Crippen molar-refractivity contribution in [1.82, 2.24) is 5.43 Å². The van der Waals surface area contributed by atoms with Gasteiger partial charge in [-0.25, -0.2) is 0 Å². The smallest absolute Gasteiger partial charge is 0.0551 e. The molecule has 0 bridgehead atoms. The second kappa shape index (κ2) is 4.09. The molecular weight excluding hydrogens is 275 g/mol. The molecule has 0 heterocycles. The highest BCUT2D eigenvalue weighted by Gasteiger charge is 2.19. The number of hydrazone groups is 1. The molecule has 1 N–H and O–H groups in total. The van der Waals surface area contributed by atoms with E-state index in [-0.39, 0.29) is 0 Å². The molecule has 1 saturated carbocycles. The molecule has 13 heavy (non-hydrogen) atoms. The lowest BCUT2D eigenvalue weighted by Crippen LogP contribution is -2.07. The van der Waals surface area contributed by atoms with Crippen molar-refractivity contribution in [2.24, 2.45) is 5.10 Å². The van der Waals surface area contributed by atoms with Crippen molar-refractivity contribution in [3.05, 3.63) is 33.4 Å². The fraction of sp³-hybridized carbons (Fsp3) is 0.300. The zero-order chi connectivity index (χ0) is 9.10. The Bertz CT molecular complexity index is 318. The summed E-state index contributed by atoms with van der Waals surface area (Å²) in [5.74, 6) is 0. The Kier molecular flexibility index (Phi) is 2.83. The maximum Gasteiger partial charge on any atom is 0.0551 e. The minimum absolute atomic E-state index is 0.637. The van der Waals surface area contributed by atoms with Crippen molar-refractivity contribution in [3.8, 4) is 0 Å². The van der Waals surface area contributed by atoms with E-state index in [2.05, 4.69) is 45.3 Å². The predicted molar refractivity (Wildman–Crippen MR) is 62.9 cm³/mol. The molecule has 68 valence electrons. The first-order valence-electron chi connectivity index (χ1n) is 4.39. The molecule has 2 nitrogen and oxygen atoms in total. The Morgan fingerprint density at radius 1 is 1.38 bits per heavy atom. The highest BCUT2D eigenvalue weighted by Crippen LogP contribution is 2.18. The molecule has 0 atom stereocenters. The van der Waals surface area contributed by atoms with Crippen LogP contribution in [0.3, 0.4) is 0 Å². The van der Waals surface area contributed by atoms with Crippen LogP contribution in [0.4, 0.5) is 0 Å². The Morgan fingerprint density at radius 2 is 2.15 bits per heavy atom. The van der Waals surface area contributed by atoms with Gasteiger partial charge in [0.15, 0.2) is 0 Å². The number of nitrogens with one attached hydrogen (secondary N) is 1. The summed E-state index contributed by atoms with van der Waals surface area (Å²) in [7, 11) is 0. The summed E-state index contributed by atoms with van der Waals surface area (Å²) in [4.78, 5) is 0. The van der Waals surface area contributed by atoms with Gasteiger partial charge in [-0.3, -0.25) is 0 Å². The van der Waals surface area contributed by atoms with Crippen molar-refractivity contribution >= 4 is 28.8 Å². The highest BCUT2D eigenvalue weighted by molar-refractivity contribution is 14.1. The summed E-state index contributed by atoms with van der Waals surface area (Å²) in [6.45, 7) is 0. The van der Waals surface area contributed by atoms with Gasteiger partial charge in [-0.15, -0.1) is 0 Å². The molecule has 0 saturated heterocycles. The number of halogens is 1. The average molecular weight is 286 g/mol. The third-order valence-electron chi connectivity index (χ3n) is 1.94. The zero-order valence-corrected chi connectivity index (χ0v) is 9.36. The van der Waals surface area contributed by atoms with Crippen LogP contribution in [-0.4, -0.2) is 12.3 Å². The molecule has 0 unspecified atom stereocenters. The monoisotopic (exact) mass is 286 g/mol. The number of benzene rings is 1. The zero-order valence-electron chi connectivity index (χ0n) is 7.20. The van der Waals surface area contributed by atoms with Crippen LogP contribution in [0.2, 0.25) is 0 Å². The quantitative estimate of drug-likeness (QED) is 0.515. The van der Waals surface area contributed by atoms with E-state index in [9.17, 15) is 0 Å². The Balaban J connectivity index is 1.99. The van der Waals surface area contributed by atoms with Crippen LogP contribution in [0.25, 0.3) is 0 Å². The Labute approximate surface area is 91.6 Å². The van der Waals surface area contributed by atoms with Gasteiger partial charge in [0.05, 0.1) is 6.21 Å². The predicted octanol–water partition coefficient (Wildman–Crippen LogP) is 2.38. The van der Waals surface area contributed by atoms with Crippen molar-refractivity contribution in [2.75, 3.05) is 0 Å². The lowest BCUT2D eigenvalue weighted by Gasteiger charge is -1.97. The molecule has 0 amide bonds. The van der Waals surface area contributed by atoms with Crippen LogP contribution in [0.1, 0.15) is 18.4 Å². The molecule has 1 fully saturated rings. The van der Waals surface area contributed by atoms with Crippen LogP contribution in [0.15, 0.2) is 29.4 Å². The van der Waals surface area contributed by atoms with Crippen molar-refractivity contribution < 1.29 is 0 Å². The van der Waals surface area contributed by atoms with E-state index < -0.39 is 0 Å². The summed E-state index contributed by atoms with van der Waals surface area (Å²) in [5, 5.41) is 4.18. The lowest BCUT2D eigenvalue weighted by atomic mass is 10.2. The second-order valence-electron chi connectivity index (χ2n) is 3.18. The Hall–Kier alpha value is -0.580. The third-order valence-corrected chi connectivity index (χ3v) is 2.93. The summed E-state index contributed by atoms with van der Waals surface area (Å²) in [6, 6.07) is 8.85. The highest BCUT2D eigenvalue weighted by atomic mass is 127. The van der Waals surface area contributed by atoms with E-state index in [1.807, 2.05) is 18.3 Å². The van der Waals surface area contributed by atoms with Gasteiger partial charge in [-0.1, -0.05) is 18.2 Å². The number of hydrogen-bond acceptors (Lipinski definition) is 2. The van der Waals surface area contributed by atoms with Crippen molar-refractivity contribution in [2.45, 2.75) is 18.9 Å². The Morgan fingerprint density at radius 3 is 2.85 bits per heavy atom. The van der Waals surface area contributed by atoms with Crippen molar-refractivity contribution in [3.63, 3.8) is 0 Å². The van der Waals surface area contributed by atoms with E-state index >= 15 is 0 Å². The minimum atomic E-state index is 0.637. The SMILES string of the molecule is Ic1ccccc1/C=N/NC1CC1. The first kappa shape index (κ1) is 8.99. The van der Waals surface area contributed by atoms with Gasteiger partial charge >= 0.3 is 0 Å². The first-order valence-corrected chi connectivity index (χ1v) is 5.47. The fourth-order valence-corrected chi connectivity index (χ4v) is 1.53. The molecule has 0 aliphatic heterocycles. The van der Waals surface area contributed by atoms with Crippen LogP contribution in [0.5, 0.6) is 0 Å². The molecule has 3 heteroatoms. The van der Waals surface area contributed by atoms with Crippen LogP contribution < -0.4 is 5.43 Å². The normalized spacial score (nSPS) is 16.4. The molecule has 1 aromatic rings. The maximum atomic E-state index is 4.18. The second-order valence-corrected chi connectivity index (χ2v) is 4.35. The number of rotatable bonds is 3. The van der Waals surface area contributed by atoms with Gasteiger partial charge in [0.2, 0.25) is 0 Å². The maximum absolute atomic E-state index is 4.18. The molecule has 0 radical (unpaired) electrons. The lowest BCUT2D eigenvalue weighted by molar-refractivity contribution is 0.741. The van der Waals surface area contributed by atoms with E-state index in [0.717, 1.165) is 0 Å². The average Bonchev–Trinajstić information content (AvgIpc) is 2.92. The van der Waals surface area contributed by atoms with Gasteiger partial charge in [0.1, 0.15) is 0 Å². The molecule has 0 spiro atoms. The molecule has 0 aromatic heterocycles. The molecule has 2 rings (SSSR count). The van der Waals surface area contributed by atoms with E-state index in [4.69, 9.17) is 0 Å². The van der Waals surface area contributed by atoms with E-state index in [0.29, 0.717) is 6.04 Å². The van der Waals surface area contributed by atoms with Gasteiger partial charge in [0.25, 0.3) is 0 Å². The van der Waals surface area contributed by atoms with Crippen molar-refractivity contribution in [1.29, 1.82) is 0 Å². The van der Waals surface area contributed by atoms with Gasteiger partial charge in [0, 0.05) is 15.2 Å². The summed E-state index contributed by atoms with van der Waals surface area (Å²) in [5.41, 5.74) is 4.28. The first-order chi connectivity index (χ1) is 6.36. The molecular formula is C10H11IN2. The van der Waals surface area contributed by atoms with Crippen LogP contribution in [0, 0.1) is 3.57 Å². The standard InChI is InChI=1S/C10H11IN2/c11-10-4-2-1-3-8(10)7-12-13-9-5-6-9/h1-4,7,9,13H,5-6H2/b12-7+. The summed E-state index contributed by atoms with van der Waals surface area (Å²) < 4.78 is 1.24. The van der Waals surface area contributed by atoms with E-state index in [1.165, 1.54) is 22.0 Å². The minimum Gasteiger partial charge on any atom is -0.307 e. The molecule has 1 aliphatic rings. The van der Waals surface area contributed by atoms with Gasteiger partial charge < -0.3 is 5.43 Å². The summed E-state index contributed by atoms with van der Waals surface area (Å²) in [6.07, 6.45) is 4.42.